The van der Waals surface area contributed by atoms with Crippen molar-refractivity contribution in [2.75, 3.05) is 39.3 Å². The topological polar surface area (TPSA) is 98.8 Å². The molecule has 3 rings (SSSR count). The van der Waals surface area contributed by atoms with E-state index in [9.17, 15) is 18.0 Å². The van der Waals surface area contributed by atoms with Crippen molar-refractivity contribution in [1.82, 2.24) is 19.8 Å². The molecule has 0 aromatic heterocycles. The number of benzene rings is 1. The molecule has 1 aromatic rings. The van der Waals surface area contributed by atoms with Crippen LogP contribution in [0.25, 0.3) is 0 Å². The fraction of sp³-hybridized carbons (Fsp3) is 0.556. The number of hydrogen-bond donors (Lipinski definition) is 2. The second-order valence-corrected chi connectivity index (χ2v) is 8.88. The van der Waals surface area contributed by atoms with Crippen LogP contribution in [0.5, 0.6) is 0 Å². The molecular weight excluding hydrogens is 404 g/mol. The third-order valence-electron chi connectivity index (χ3n) is 5.09. The molecule has 2 heterocycles. The highest BCUT2D eigenvalue weighted by Gasteiger charge is 2.29. The molecule has 8 nitrogen and oxygen atoms in total. The molecule has 1 atom stereocenters. The van der Waals surface area contributed by atoms with Crippen molar-refractivity contribution < 1.29 is 18.0 Å². The molecule has 0 saturated carbocycles. The zero-order chi connectivity index (χ0) is 19.4. The first-order valence-electron chi connectivity index (χ1n) is 9.25. The first-order chi connectivity index (χ1) is 12.9. The van der Waals surface area contributed by atoms with Crippen LogP contribution in [0.15, 0.2) is 29.2 Å². The second kappa shape index (κ2) is 9.69. The molecule has 2 fully saturated rings. The van der Waals surface area contributed by atoms with Crippen LogP contribution in [0.4, 0.5) is 0 Å². The molecule has 2 aliphatic rings. The van der Waals surface area contributed by atoms with Gasteiger partial charge < -0.3 is 15.5 Å². The van der Waals surface area contributed by atoms with Crippen LogP contribution < -0.4 is 10.6 Å². The van der Waals surface area contributed by atoms with Crippen LogP contribution in [0.2, 0.25) is 0 Å². The van der Waals surface area contributed by atoms with Gasteiger partial charge in [0.05, 0.1) is 4.90 Å². The van der Waals surface area contributed by atoms with Crippen molar-refractivity contribution in [3.05, 3.63) is 29.8 Å². The van der Waals surface area contributed by atoms with E-state index in [0.717, 1.165) is 19.4 Å². The van der Waals surface area contributed by atoms with Crippen molar-refractivity contribution in [2.24, 2.45) is 0 Å². The maximum absolute atomic E-state index is 12.9. The first kappa shape index (κ1) is 22.6. The Hall–Kier alpha value is -1.68. The molecule has 0 spiro atoms. The molecule has 2 N–H and O–H groups in total. The number of nitrogens with zero attached hydrogens (tertiary/aromatic N) is 2. The van der Waals surface area contributed by atoms with E-state index in [0.29, 0.717) is 25.2 Å². The molecule has 2 aliphatic heterocycles. The molecule has 0 radical (unpaired) electrons. The Labute approximate surface area is 172 Å². The molecule has 10 heteroatoms. The third kappa shape index (κ3) is 5.22. The van der Waals surface area contributed by atoms with Crippen LogP contribution in [0.1, 0.15) is 30.1 Å². The lowest BCUT2D eigenvalue weighted by Gasteiger charge is -2.33. The fourth-order valence-electron chi connectivity index (χ4n) is 3.44. The van der Waals surface area contributed by atoms with Crippen molar-refractivity contribution in [2.45, 2.75) is 30.7 Å². The molecule has 28 heavy (non-hydrogen) atoms. The van der Waals surface area contributed by atoms with Crippen molar-refractivity contribution in [1.29, 1.82) is 0 Å². The summed E-state index contributed by atoms with van der Waals surface area (Å²) in [5.74, 6) is -0.329. The number of amides is 2. The number of carbonyl (C=O) groups excluding carboxylic acids is 2. The third-order valence-corrected chi connectivity index (χ3v) is 6.98. The fourth-order valence-corrected chi connectivity index (χ4v) is 4.91. The molecule has 2 saturated heterocycles. The highest BCUT2D eigenvalue weighted by molar-refractivity contribution is 7.89. The van der Waals surface area contributed by atoms with E-state index in [1.165, 1.54) is 23.4 Å². The quantitative estimate of drug-likeness (QED) is 0.706. The van der Waals surface area contributed by atoms with Crippen molar-refractivity contribution in [3.8, 4) is 0 Å². The largest absolute Gasteiger partial charge is 0.350 e. The molecule has 0 aliphatic carbocycles. The van der Waals surface area contributed by atoms with E-state index < -0.39 is 10.0 Å². The number of halogens is 1. The highest BCUT2D eigenvalue weighted by atomic mass is 35.5. The van der Waals surface area contributed by atoms with Gasteiger partial charge in [0.1, 0.15) is 0 Å². The van der Waals surface area contributed by atoms with Crippen LogP contribution in [0, 0.1) is 0 Å². The Kier molecular flexibility index (Phi) is 7.82. The predicted octanol–water partition coefficient (Wildman–Crippen LogP) is 0.443. The molecule has 1 aromatic carbocycles. The monoisotopic (exact) mass is 430 g/mol. The van der Waals surface area contributed by atoms with Gasteiger partial charge in [-0.3, -0.25) is 9.59 Å². The maximum Gasteiger partial charge on any atom is 0.251 e. The van der Waals surface area contributed by atoms with E-state index in [1.54, 1.807) is 17.0 Å². The van der Waals surface area contributed by atoms with Gasteiger partial charge in [-0.2, -0.15) is 4.31 Å². The minimum Gasteiger partial charge on any atom is -0.350 e. The minimum absolute atomic E-state index is 0. The number of nitrogens with one attached hydrogen (secondary N) is 2. The number of hydrogen-bond acceptors (Lipinski definition) is 5. The summed E-state index contributed by atoms with van der Waals surface area (Å²) in [6.07, 6.45) is 2.13. The lowest BCUT2D eigenvalue weighted by atomic mass is 10.2. The molecule has 1 unspecified atom stereocenters. The van der Waals surface area contributed by atoms with Crippen LogP contribution in [0.3, 0.4) is 0 Å². The van der Waals surface area contributed by atoms with Crippen molar-refractivity contribution in [3.63, 3.8) is 0 Å². The summed E-state index contributed by atoms with van der Waals surface area (Å²) in [5.41, 5.74) is 0.330. The summed E-state index contributed by atoms with van der Waals surface area (Å²) in [4.78, 5) is 25.5. The van der Waals surface area contributed by atoms with Gasteiger partial charge >= 0.3 is 0 Å². The summed E-state index contributed by atoms with van der Waals surface area (Å²) >= 11 is 0. The lowest BCUT2D eigenvalue weighted by molar-refractivity contribution is -0.129. The average Bonchev–Trinajstić information content (AvgIpc) is 3.20. The van der Waals surface area contributed by atoms with Crippen LogP contribution in [-0.2, 0) is 14.8 Å². The van der Waals surface area contributed by atoms with Crippen LogP contribution in [-0.4, -0.2) is 74.7 Å². The maximum atomic E-state index is 12.9. The van der Waals surface area contributed by atoms with E-state index in [2.05, 4.69) is 10.6 Å². The number of carbonyl (C=O) groups is 2. The first-order valence-corrected chi connectivity index (χ1v) is 10.7. The Balaban J connectivity index is 0.00000280. The Bertz CT molecular complexity index is 804. The zero-order valence-electron chi connectivity index (χ0n) is 15.9. The van der Waals surface area contributed by atoms with Gasteiger partial charge in [0.2, 0.25) is 15.9 Å². The number of rotatable bonds is 5. The van der Waals surface area contributed by atoms with E-state index in [4.69, 9.17) is 0 Å². The number of sulfonamides is 1. The van der Waals surface area contributed by atoms with Gasteiger partial charge in [0.15, 0.2) is 0 Å². The summed E-state index contributed by atoms with van der Waals surface area (Å²) in [5, 5.41) is 6.17. The van der Waals surface area contributed by atoms with Crippen molar-refractivity contribution >= 4 is 34.2 Å². The summed E-state index contributed by atoms with van der Waals surface area (Å²) in [6, 6.07) is 6.40. The van der Waals surface area contributed by atoms with Gasteiger partial charge in [-0.1, -0.05) is 6.07 Å². The minimum atomic E-state index is -3.69. The van der Waals surface area contributed by atoms with E-state index in [-0.39, 0.29) is 48.2 Å². The molecule has 156 valence electrons. The summed E-state index contributed by atoms with van der Waals surface area (Å²) in [7, 11) is -3.69. The Morgan fingerprint density at radius 2 is 1.93 bits per heavy atom. The Morgan fingerprint density at radius 3 is 2.54 bits per heavy atom. The smallest absolute Gasteiger partial charge is 0.251 e. The average molecular weight is 431 g/mol. The zero-order valence-corrected chi connectivity index (χ0v) is 17.5. The normalized spacial score (nSPS) is 20.5. The molecule has 2 amide bonds. The standard InChI is InChI=1S/C18H26N4O4S.ClH/c1-14(23)21-8-10-22(11-9-21)27(25,26)17-6-2-4-15(12-17)18(24)20-13-16-5-3-7-19-16;/h2,4,6,12,16,19H,3,5,7-11,13H2,1H3,(H,20,24);1H. The summed E-state index contributed by atoms with van der Waals surface area (Å²) < 4.78 is 27.1. The van der Waals surface area contributed by atoms with Gasteiger partial charge in [-0.25, -0.2) is 8.42 Å². The molecule has 0 bridgehead atoms. The lowest BCUT2D eigenvalue weighted by Crippen LogP contribution is -2.49. The predicted molar refractivity (Wildman–Crippen MR) is 108 cm³/mol. The number of piperazine rings is 1. The second-order valence-electron chi connectivity index (χ2n) is 6.94. The van der Waals surface area contributed by atoms with Gasteiger partial charge in [-0.15, -0.1) is 12.4 Å². The van der Waals surface area contributed by atoms with Gasteiger partial charge in [0, 0.05) is 51.3 Å². The highest BCUT2D eigenvalue weighted by Crippen LogP contribution is 2.19. The van der Waals surface area contributed by atoms with E-state index in [1.807, 2.05) is 0 Å². The van der Waals surface area contributed by atoms with E-state index >= 15 is 0 Å². The SMILES string of the molecule is CC(=O)N1CCN(S(=O)(=O)c2cccc(C(=O)NCC3CCCN3)c2)CC1.Cl. The van der Waals surface area contributed by atoms with Gasteiger partial charge in [-0.05, 0) is 37.6 Å². The summed E-state index contributed by atoms with van der Waals surface area (Å²) in [6.45, 7) is 4.24. The molecular formula is C18H27ClN4O4S. The van der Waals surface area contributed by atoms with Crippen LogP contribution >= 0.6 is 12.4 Å². The van der Waals surface area contributed by atoms with Gasteiger partial charge in [0.25, 0.3) is 5.91 Å². The Morgan fingerprint density at radius 1 is 1.21 bits per heavy atom.